The number of amides is 2. The monoisotopic (exact) mass is 288 g/mol. The van der Waals surface area contributed by atoms with Crippen LogP contribution in [0.4, 0.5) is 10.5 Å². The van der Waals surface area contributed by atoms with Gasteiger partial charge in [-0.1, -0.05) is 32.0 Å². The van der Waals surface area contributed by atoms with Crippen molar-refractivity contribution in [2.24, 2.45) is 0 Å². The zero-order valence-corrected chi connectivity index (χ0v) is 12.8. The fraction of sp³-hybridized carbons (Fsp3) is 0.471. The molecule has 21 heavy (non-hydrogen) atoms. The Morgan fingerprint density at radius 3 is 2.76 bits per heavy atom. The number of ether oxygens (including phenoxy) is 1. The Labute approximate surface area is 126 Å². The van der Waals surface area contributed by atoms with E-state index in [1.807, 2.05) is 24.4 Å². The Balaban J connectivity index is 1.96. The van der Waals surface area contributed by atoms with Gasteiger partial charge in [-0.25, -0.2) is 4.79 Å². The van der Waals surface area contributed by atoms with Crippen LogP contribution in [0.5, 0.6) is 0 Å². The van der Waals surface area contributed by atoms with Gasteiger partial charge >= 0.3 is 6.03 Å². The van der Waals surface area contributed by atoms with Crippen LogP contribution in [0, 0.1) is 0 Å². The molecule has 1 fully saturated rings. The minimum Gasteiger partial charge on any atom is -0.381 e. The van der Waals surface area contributed by atoms with Crippen LogP contribution >= 0.6 is 0 Å². The summed E-state index contributed by atoms with van der Waals surface area (Å²) in [5.74, 6) is 0.426. The van der Waals surface area contributed by atoms with Crippen molar-refractivity contribution in [2.45, 2.75) is 39.0 Å². The molecule has 0 aliphatic carbocycles. The van der Waals surface area contributed by atoms with Gasteiger partial charge in [0.05, 0.1) is 13.2 Å². The zero-order chi connectivity index (χ0) is 15.1. The summed E-state index contributed by atoms with van der Waals surface area (Å²) < 4.78 is 5.29. The molecule has 4 heteroatoms. The summed E-state index contributed by atoms with van der Waals surface area (Å²) in [6.45, 7) is 5.80. The smallest absolute Gasteiger partial charge is 0.323 e. The largest absolute Gasteiger partial charge is 0.381 e. The summed E-state index contributed by atoms with van der Waals surface area (Å²) >= 11 is 0. The Bertz CT molecular complexity index is 503. The third-order valence-electron chi connectivity index (χ3n) is 3.89. The molecule has 1 heterocycles. The summed E-state index contributed by atoms with van der Waals surface area (Å²) in [5.41, 5.74) is 3.29. The number of hydrogen-bond donors (Lipinski definition) is 2. The lowest BCUT2D eigenvalue weighted by molar-refractivity contribution is 0.119. The average Bonchev–Trinajstić information content (AvgIpc) is 2.54. The highest BCUT2D eigenvalue weighted by atomic mass is 16.5. The van der Waals surface area contributed by atoms with Crippen LogP contribution in [0.3, 0.4) is 0 Å². The van der Waals surface area contributed by atoms with Crippen LogP contribution in [-0.2, 0) is 4.74 Å². The van der Waals surface area contributed by atoms with E-state index in [0.717, 1.165) is 38.2 Å². The highest BCUT2D eigenvalue weighted by Gasteiger charge is 2.11. The van der Waals surface area contributed by atoms with Crippen LogP contribution in [0.15, 0.2) is 36.0 Å². The van der Waals surface area contributed by atoms with Crippen molar-refractivity contribution in [3.8, 4) is 0 Å². The van der Waals surface area contributed by atoms with Crippen LogP contribution < -0.4 is 10.6 Å². The Morgan fingerprint density at radius 1 is 1.33 bits per heavy atom. The zero-order valence-electron chi connectivity index (χ0n) is 12.8. The first-order chi connectivity index (χ1) is 10.2. The molecule has 1 atom stereocenters. The number of benzene rings is 1. The standard InChI is InChI=1S/C17H24N2O2/c1-3-13(2)15-6-4-5-7-16(15)19-17(20)18-12-14-8-10-21-11-9-14/h4-7,12-13H,3,8-11H2,1-2H3,(H2,18,19,20). The van der Waals surface area contributed by atoms with Crippen LogP contribution in [0.25, 0.3) is 0 Å². The highest BCUT2D eigenvalue weighted by Crippen LogP contribution is 2.26. The van der Waals surface area contributed by atoms with Crippen molar-refractivity contribution < 1.29 is 9.53 Å². The first-order valence-electron chi connectivity index (χ1n) is 7.62. The summed E-state index contributed by atoms with van der Waals surface area (Å²) in [6.07, 6.45) is 4.64. The van der Waals surface area contributed by atoms with Gasteiger partial charge in [-0.05, 0) is 42.4 Å². The van der Waals surface area contributed by atoms with E-state index < -0.39 is 0 Å². The summed E-state index contributed by atoms with van der Waals surface area (Å²) in [7, 11) is 0. The predicted molar refractivity (Wildman–Crippen MR) is 85.4 cm³/mol. The second kappa shape index (κ2) is 7.84. The van der Waals surface area contributed by atoms with Gasteiger partial charge in [0.1, 0.15) is 0 Å². The highest BCUT2D eigenvalue weighted by molar-refractivity contribution is 5.90. The molecular formula is C17H24N2O2. The molecule has 0 spiro atoms. The summed E-state index contributed by atoms with van der Waals surface area (Å²) in [5, 5.41) is 5.76. The van der Waals surface area contributed by atoms with E-state index in [9.17, 15) is 4.79 Å². The van der Waals surface area contributed by atoms with Gasteiger partial charge in [0.2, 0.25) is 0 Å². The first-order valence-corrected chi connectivity index (χ1v) is 7.62. The van der Waals surface area contributed by atoms with Crippen molar-refractivity contribution in [2.75, 3.05) is 18.5 Å². The van der Waals surface area contributed by atoms with E-state index in [1.54, 1.807) is 0 Å². The summed E-state index contributed by atoms with van der Waals surface area (Å²) in [6, 6.07) is 7.78. The van der Waals surface area contributed by atoms with Crippen molar-refractivity contribution in [3.63, 3.8) is 0 Å². The minimum atomic E-state index is -0.190. The Hall–Kier alpha value is -1.81. The maximum Gasteiger partial charge on any atom is 0.323 e. The van der Waals surface area contributed by atoms with Gasteiger partial charge < -0.3 is 15.4 Å². The molecule has 1 aliphatic heterocycles. The maximum atomic E-state index is 12.0. The number of rotatable bonds is 4. The van der Waals surface area contributed by atoms with Crippen LogP contribution in [-0.4, -0.2) is 19.2 Å². The van der Waals surface area contributed by atoms with E-state index in [2.05, 4.69) is 30.5 Å². The molecule has 0 saturated carbocycles. The maximum absolute atomic E-state index is 12.0. The van der Waals surface area contributed by atoms with Gasteiger partial charge in [0, 0.05) is 11.9 Å². The third kappa shape index (κ3) is 4.60. The molecule has 1 unspecified atom stereocenters. The van der Waals surface area contributed by atoms with E-state index >= 15 is 0 Å². The third-order valence-corrected chi connectivity index (χ3v) is 3.89. The second-order valence-corrected chi connectivity index (χ2v) is 5.41. The quantitative estimate of drug-likeness (QED) is 0.879. The molecule has 2 rings (SSSR count). The number of para-hydroxylation sites is 1. The molecule has 1 saturated heterocycles. The molecule has 1 aromatic carbocycles. The van der Waals surface area contributed by atoms with Crippen LogP contribution in [0.1, 0.15) is 44.6 Å². The van der Waals surface area contributed by atoms with Gasteiger partial charge in [-0.15, -0.1) is 0 Å². The molecule has 0 aromatic heterocycles. The van der Waals surface area contributed by atoms with E-state index in [0.29, 0.717) is 5.92 Å². The number of nitrogens with one attached hydrogen (secondary N) is 2. The first kappa shape index (κ1) is 15.6. The molecule has 1 aliphatic rings. The lowest BCUT2D eigenvalue weighted by Crippen LogP contribution is -2.25. The summed E-state index contributed by atoms with van der Waals surface area (Å²) in [4.78, 5) is 12.0. The second-order valence-electron chi connectivity index (χ2n) is 5.41. The van der Waals surface area contributed by atoms with Crippen molar-refractivity contribution >= 4 is 11.7 Å². The number of carbonyl (C=O) groups excluding carboxylic acids is 1. The molecule has 2 amide bonds. The number of anilines is 1. The lowest BCUT2D eigenvalue weighted by Gasteiger charge is -2.16. The molecule has 1 aromatic rings. The molecule has 0 bridgehead atoms. The molecule has 0 radical (unpaired) electrons. The van der Waals surface area contributed by atoms with Gasteiger partial charge in [0.25, 0.3) is 0 Å². The van der Waals surface area contributed by atoms with Gasteiger partial charge in [-0.3, -0.25) is 0 Å². The van der Waals surface area contributed by atoms with Gasteiger partial charge in [0.15, 0.2) is 0 Å². The molecule has 4 nitrogen and oxygen atoms in total. The van der Waals surface area contributed by atoms with Crippen molar-refractivity contribution in [1.29, 1.82) is 0 Å². The molecular weight excluding hydrogens is 264 g/mol. The minimum absolute atomic E-state index is 0.190. The average molecular weight is 288 g/mol. The van der Waals surface area contributed by atoms with E-state index in [-0.39, 0.29) is 6.03 Å². The number of urea groups is 1. The SMILES string of the molecule is CCC(C)c1ccccc1NC(=O)NC=C1CCOCC1. The fourth-order valence-electron chi connectivity index (χ4n) is 2.36. The van der Waals surface area contributed by atoms with Gasteiger partial charge in [-0.2, -0.15) is 0 Å². The van der Waals surface area contributed by atoms with Crippen molar-refractivity contribution in [1.82, 2.24) is 5.32 Å². The number of carbonyl (C=O) groups is 1. The van der Waals surface area contributed by atoms with Crippen LogP contribution in [0.2, 0.25) is 0 Å². The van der Waals surface area contributed by atoms with E-state index in [4.69, 9.17) is 4.74 Å². The predicted octanol–water partition coefficient (Wildman–Crippen LogP) is 4.02. The Kier molecular flexibility index (Phi) is 5.81. The lowest BCUT2D eigenvalue weighted by atomic mass is 9.97. The molecule has 2 N–H and O–H groups in total. The topological polar surface area (TPSA) is 50.4 Å². The molecule has 114 valence electrons. The van der Waals surface area contributed by atoms with Crippen molar-refractivity contribution in [3.05, 3.63) is 41.6 Å². The number of hydrogen-bond acceptors (Lipinski definition) is 2. The Morgan fingerprint density at radius 2 is 2.05 bits per heavy atom. The normalized spacial score (nSPS) is 16.2. The fourth-order valence-corrected chi connectivity index (χ4v) is 2.36. The van der Waals surface area contributed by atoms with E-state index in [1.165, 1.54) is 11.1 Å².